The van der Waals surface area contributed by atoms with E-state index in [0.717, 1.165) is 6.07 Å². The second-order valence-corrected chi connectivity index (χ2v) is 7.82. The Morgan fingerprint density at radius 1 is 1.06 bits per heavy atom. The lowest BCUT2D eigenvalue weighted by molar-refractivity contribution is -0.121. The van der Waals surface area contributed by atoms with Gasteiger partial charge in [0, 0.05) is 55.9 Å². The van der Waals surface area contributed by atoms with Gasteiger partial charge in [-0.1, -0.05) is 17.7 Å². The molecule has 31 heavy (non-hydrogen) atoms. The van der Waals surface area contributed by atoms with E-state index in [0.29, 0.717) is 53.4 Å². The number of nitrogens with zero attached hydrogens (tertiary/aromatic N) is 3. The smallest absolute Gasteiger partial charge is 0.256 e. The highest BCUT2D eigenvalue weighted by Crippen LogP contribution is 2.27. The van der Waals surface area contributed by atoms with Gasteiger partial charge in [-0.05, 0) is 24.3 Å². The number of carbonyl (C=O) groups is 2. The minimum Gasteiger partial charge on any atom is -0.366 e. The zero-order valence-electron chi connectivity index (χ0n) is 16.9. The minimum absolute atomic E-state index is 0.0677. The first-order chi connectivity index (χ1) is 14.9. The lowest BCUT2D eigenvalue weighted by atomic mass is 10.1. The number of hydrogen-bond acceptors (Lipinski definition) is 3. The van der Waals surface area contributed by atoms with Gasteiger partial charge in [-0.25, -0.2) is 8.78 Å². The van der Waals surface area contributed by atoms with Gasteiger partial charge in [0.25, 0.3) is 5.91 Å². The highest BCUT2D eigenvalue weighted by atomic mass is 35.5. The summed E-state index contributed by atoms with van der Waals surface area (Å²) < 4.78 is 29.0. The van der Waals surface area contributed by atoms with Crippen LogP contribution in [0, 0.1) is 11.6 Å². The summed E-state index contributed by atoms with van der Waals surface area (Å²) in [4.78, 5) is 28.6. The number of fused-ring (bicyclic) bond motifs is 1. The fraction of sp³-hybridized carbons (Fsp3) is 0.273. The predicted molar refractivity (Wildman–Crippen MR) is 115 cm³/mol. The van der Waals surface area contributed by atoms with Crippen LogP contribution in [0.5, 0.6) is 0 Å². The third-order valence-electron chi connectivity index (χ3n) is 5.48. The van der Waals surface area contributed by atoms with Gasteiger partial charge >= 0.3 is 0 Å². The van der Waals surface area contributed by atoms with Crippen LogP contribution in [0.15, 0.2) is 42.6 Å². The molecule has 1 fully saturated rings. The first-order valence-electron chi connectivity index (χ1n) is 9.85. The fourth-order valence-corrected chi connectivity index (χ4v) is 4.02. The molecule has 4 rings (SSSR count). The molecule has 0 aliphatic carbocycles. The number of nitrogens with one attached hydrogen (secondary N) is 1. The summed E-state index contributed by atoms with van der Waals surface area (Å²) in [6.07, 6.45) is 1.67. The number of amides is 2. The number of carbonyl (C=O) groups excluding carboxylic acids is 2. The van der Waals surface area contributed by atoms with E-state index in [1.165, 1.54) is 12.1 Å². The first-order valence-corrected chi connectivity index (χ1v) is 10.2. The molecule has 6 nitrogen and oxygen atoms in total. The van der Waals surface area contributed by atoms with Crippen molar-refractivity contribution in [1.29, 1.82) is 0 Å². The molecule has 162 valence electrons. The number of aromatic nitrogens is 1. The highest BCUT2D eigenvalue weighted by Gasteiger charge is 2.26. The van der Waals surface area contributed by atoms with Crippen LogP contribution in [-0.4, -0.2) is 54.5 Å². The lowest BCUT2D eigenvalue weighted by Crippen LogP contribution is -2.49. The summed E-state index contributed by atoms with van der Waals surface area (Å²) in [5.41, 5.74) is 1.51. The molecular formula is C22H21ClF2N4O2. The van der Waals surface area contributed by atoms with Gasteiger partial charge in [0.2, 0.25) is 5.91 Å². The molecule has 0 bridgehead atoms. The van der Waals surface area contributed by atoms with E-state index < -0.39 is 11.6 Å². The van der Waals surface area contributed by atoms with Gasteiger partial charge < -0.3 is 19.7 Å². The molecule has 1 N–H and O–H groups in total. The number of likely N-dealkylation sites (N-methyl/N-ethyl adjacent to an activating group) is 1. The Morgan fingerprint density at radius 3 is 2.48 bits per heavy atom. The fourth-order valence-electron chi connectivity index (χ4n) is 3.86. The average Bonchev–Trinajstić information content (AvgIpc) is 3.10. The van der Waals surface area contributed by atoms with E-state index in [-0.39, 0.29) is 18.4 Å². The van der Waals surface area contributed by atoms with E-state index in [9.17, 15) is 18.4 Å². The van der Waals surface area contributed by atoms with Crippen molar-refractivity contribution in [3.05, 3.63) is 64.8 Å². The maximum atomic E-state index is 14.1. The zero-order valence-corrected chi connectivity index (χ0v) is 17.6. The van der Waals surface area contributed by atoms with Crippen molar-refractivity contribution in [2.45, 2.75) is 6.54 Å². The Labute approximate surface area is 183 Å². The number of anilines is 1. The van der Waals surface area contributed by atoms with Crippen molar-refractivity contribution in [2.24, 2.45) is 0 Å². The molecule has 9 heteroatoms. The summed E-state index contributed by atoms with van der Waals surface area (Å²) in [6, 6.07) is 8.71. The Kier molecular flexibility index (Phi) is 5.82. The summed E-state index contributed by atoms with van der Waals surface area (Å²) in [6.45, 7) is 1.71. The van der Waals surface area contributed by atoms with Gasteiger partial charge in [-0.3, -0.25) is 9.59 Å². The second-order valence-electron chi connectivity index (χ2n) is 7.38. The number of halogens is 3. The average molecular weight is 447 g/mol. The predicted octanol–water partition coefficient (Wildman–Crippen LogP) is 3.28. The van der Waals surface area contributed by atoms with Gasteiger partial charge in [0.05, 0.1) is 16.8 Å². The van der Waals surface area contributed by atoms with Crippen LogP contribution in [0.1, 0.15) is 10.4 Å². The normalized spacial score (nSPS) is 14.2. The maximum absolute atomic E-state index is 14.1. The Bertz CT molecular complexity index is 1160. The summed E-state index contributed by atoms with van der Waals surface area (Å²) in [7, 11) is 1.55. The standard InChI is InChI=1S/C22H21ClF2N4O2/c1-26-21(30)13-29-12-17(16-4-2-14(23)10-20(16)29)22(31)28-8-6-27(7-9-28)19-5-3-15(24)11-18(19)25/h2-5,10-12H,6-9,13H2,1H3,(H,26,30). The van der Waals surface area contributed by atoms with E-state index >= 15 is 0 Å². The molecule has 0 spiro atoms. The molecule has 2 amide bonds. The third kappa shape index (κ3) is 4.20. The van der Waals surface area contributed by atoms with Gasteiger partial charge in [-0.2, -0.15) is 0 Å². The Morgan fingerprint density at radius 2 is 1.81 bits per heavy atom. The van der Waals surface area contributed by atoms with Gasteiger partial charge in [-0.15, -0.1) is 0 Å². The van der Waals surface area contributed by atoms with Gasteiger partial charge in [0.15, 0.2) is 0 Å². The van der Waals surface area contributed by atoms with Crippen LogP contribution in [0.25, 0.3) is 10.9 Å². The van der Waals surface area contributed by atoms with E-state index in [1.807, 2.05) is 0 Å². The number of hydrogen-bond donors (Lipinski definition) is 1. The molecule has 0 atom stereocenters. The summed E-state index contributed by atoms with van der Waals surface area (Å²) in [5.74, 6) is -1.59. The van der Waals surface area contributed by atoms with Crippen molar-refractivity contribution in [1.82, 2.24) is 14.8 Å². The SMILES string of the molecule is CNC(=O)Cn1cc(C(=O)N2CCN(c3ccc(F)cc3F)CC2)c2ccc(Cl)cc21. The maximum Gasteiger partial charge on any atom is 0.256 e. The van der Waals surface area contributed by atoms with Crippen molar-refractivity contribution < 1.29 is 18.4 Å². The molecule has 0 unspecified atom stereocenters. The number of benzene rings is 2. The van der Waals surface area contributed by atoms with Crippen molar-refractivity contribution in [2.75, 3.05) is 38.1 Å². The van der Waals surface area contributed by atoms with Crippen molar-refractivity contribution in [3.63, 3.8) is 0 Å². The summed E-state index contributed by atoms with van der Waals surface area (Å²) >= 11 is 6.13. The topological polar surface area (TPSA) is 57.6 Å². The highest BCUT2D eigenvalue weighted by molar-refractivity contribution is 6.31. The molecule has 3 aromatic rings. The van der Waals surface area contributed by atoms with Crippen LogP contribution >= 0.6 is 11.6 Å². The Hall–Kier alpha value is -3.13. The van der Waals surface area contributed by atoms with E-state index in [2.05, 4.69) is 5.32 Å². The van der Waals surface area contributed by atoms with Gasteiger partial charge in [0.1, 0.15) is 18.2 Å². The van der Waals surface area contributed by atoms with E-state index in [4.69, 9.17) is 11.6 Å². The number of piperazine rings is 1. The first kappa shape index (κ1) is 21.1. The quantitative estimate of drug-likeness (QED) is 0.669. The molecule has 1 aliphatic rings. The molecule has 1 aromatic heterocycles. The van der Waals surface area contributed by atoms with Crippen LogP contribution in [0.4, 0.5) is 14.5 Å². The molecule has 2 aromatic carbocycles. The lowest BCUT2D eigenvalue weighted by Gasteiger charge is -2.36. The molecule has 0 saturated carbocycles. The van der Waals surface area contributed by atoms with Crippen LogP contribution in [0.3, 0.4) is 0 Å². The molecular weight excluding hydrogens is 426 g/mol. The largest absolute Gasteiger partial charge is 0.366 e. The van der Waals surface area contributed by atoms with Crippen LogP contribution < -0.4 is 10.2 Å². The zero-order chi connectivity index (χ0) is 22.1. The van der Waals surface area contributed by atoms with Crippen LogP contribution in [0.2, 0.25) is 5.02 Å². The van der Waals surface area contributed by atoms with E-state index in [1.54, 1.807) is 45.8 Å². The molecule has 2 heterocycles. The van der Waals surface area contributed by atoms with Crippen LogP contribution in [-0.2, 0) is 11.3 Å². The Balaban J connectivity index is 1.55. The monoisotopic (exact) mass is 446 g/mol. The molecule has 1 aliphatic heterocycles. The van der Waals surface area contributed by atoms with Crippen molar-refractivity contribution >= 4 is 40.0 Å². The summed E-state index contributed by atoms with van der Waals surface area (Å²) in [5, 5.41) is 3.80. The third-order valence-corrected chi connectivity index (χ3v) is 5.72. The molecule has 1 saturated heterocycles. The second kappa shape index (κ2) is 8.55. The van der Waals surface area contributed by atoms with Crippen molar-refractivity contribution in [3.8, 4) is 0 Å². The molecule has 0 radical (unpaired) electrons. The minimum atomic E-state index is -0.622. The number of rotatable bonds is 4.